The van der Waals surface area contributed by atoms with Crippen molar-refractivity contribution in [1.29, 1.82) is 0 Å². The smallest absolute Gasteiger partial charge is 0.244 e. The van der Waals surface area contributed by atoms with Gasteiger partial charge in [0.05, 0.1) is 29.2 Å². The van der Waals surface area contributed by atoms with Gasteiger partial charge in [-0.2, -0.15) is 0 Å². The quantitative estimate of drug-likeness (QED) is 0.504. The molecule has 7 nitrogen and oxygen atoms in total. The van der Waals surface area contributed by atoms with E-state index in [0.717, 1.165) is 5.56 Å². The second kappa shape index (κ2) is 8.41. The van der Waals surface area contributed by atoms with E-state index in [-0.39, 0.29) is 40.4 Å². The number of carbonyl (C=O) groups excluding carboxylic acids is 3. The summed E-state index contributed by atoms with van der Waals surface area (Å²) in [4.78, 5) is 41.9. The Hall–Kier alpha value is -1.58. The molecule has 1 spiro atoms. The van der Waals surface area contributed by atoms with E-state index in [0.29, 0.717) is 6.42 Å². The third kappa shape index (κ3) is 3.40. The molecule has 31 heavy (non-hydrogen) atoms. The molecule has 4 rings (SSSR count). The van der Waals surface area contributed by atoms with Gasteiger partial charge in [-0.25, -0.2) is 0 Å². The topological polar surface area (TPSA) is 98.7 Å². The van der Waals surface area contributed by atoms with Gasteiger partial charge in [0, 0.05) is 23.2 Å². The van der Waals surface area contributed by atoms with Crippen molar-refractivity contribution in [2.45, 2.75) is 53.2 Å². The molecule has 7 atom stereocenters. The number of aliphatic hydroxyl groups is 1. The van der Waals surface area contributed by atoms with Gasteiger partial charge < -0.3 is 20.6 Å². The zero-order valence-electron chi connectivity index (χ0n) is 17.7. The van der Waals surface area contributed by atoms with Crippen LogP contribution in [0.2, 0.25) is 0 Å². The van der Waals surface area contributed by atoms with Crippen LogP contribution in [0.4, 0.5) is 0 Å². The van der Waals surface area contributed by atoms with Crippen molar-refractivity contribution in [3.8, 4) is 0 Å². The first kappa shape index (κ1) is 22.6. The number of benzene rings is 1. The van der Waals surface area contributed by atoms with E-state index in [1.54, 1.807) is 23.7 Å². The number of aliphatic hydroxyl groups excluding tert-OH is 1. The van der Waals surface area contributed by atoms with Gasteiger partial charge in [-0.15, -0.1) is 11.8 Å². The maximum absolute atomic E-state index is 13.9. The number of carbonyl (C=O) groups is 3. The molecule has 3 aliphatic heterocycles. The lowest BCUT2D eigenvalue weighted by Gasteiger charge is -2.37. The molecule has 0 aliphatic carbocycles. The van der Waals surface area contributed by atoms with Crippen molar-refractivity contribution < 1.29 is 19.5 Å². The number of nitrogens with zero attached hydrogens (tertiary/aromatic N) is 1. The summed E-state index contributed by atoms with van der Waals surface area (Å²) in [7, 11) is 1.58. The molecule has 3 fully saturated rings. The number of rotatable bonds is 6. The van der Waals surface area contributed by atoms with E-state index in [1.807, 2.05) is 44.2 Å². The first-order chi connectivity index (χ1) is 14.8. The number of alkyl halides is 1. The minimum Gasteiger partial charge on any atom is -0.394 e. The van der Waals surface area contributed by atoms with Gasteiger partial charge in [-0.3, -0.25) is 14.4 Å². The second-order valence-electron chi connectivity index (χ2n) is 8.80. The summed E-state index contributed by atoms with van der Waals surface area (Å²) in [6.45, 7) is 3.46. The van der Waals surface area contributed by atoms with Crippen LogP contribution in [0.15, 0.2) is 30.3 Å². The largest absolute Gasteiger partial charge is 0.394 e. The summed E-state index contributed by atoms with van der Waals surface area (Å²) in [6.07, 6.45) is 0.617. The molecule has 3 N–H and O–H groups in total. The van der Waals surface area contributed by atoms with Crippen LogP contribution >= 0.6 is 27.7 Å². The predicted molar refractivity (Wildman–Crippen MR) is 123 cm³/mol. The van der Waals surface area contributed by atoms with Crippen molar-refractivity contribution in [2.24, 2.45) is 11.8 Å². The Morgan fingerprint density at radius 3 is 2.55 bits per heavy atom. The Kier molecular flexibility index (Phi) is 6.13. The number of nitrogens with one attached hydrogen (secondary N) is 2. The van der Waals surface area contributed by atoms with Gasteiger partial charge in [-0.1, -0.05) is 46.3 Å². The van der Waals surface area contributed by atoms with Crippen molar-refractivity contribution in [1.82, 2.24) is 15.5 Å². The molecule has 0 aromatic heterocycles. The van der Waals surface area contributed by atoms with Crippen LogP contribution in [0.3, 0.4) is 0 Å². The lowest BCUT2D eigenvalue weighted by molar-refractivity contribution is -0.143. The van der Waals surface area contributed by atoms with Gasteiger partial charge >= 0.3 is 0 Å². The standard InChI is InChI=1S/C22H28BrN3O4S/c1-11(2)25-20(29)18-22-9-13(23)17(31-22)15(19(28)24-3)16(22)21(30)26(18)14(10-27)12-7-5-4-6-8-12/h4-8,11,13-18,27H,9-10H2,1-3H3,(H,24,28)(H,25,29)/t13?,14-,15-,16+,17-,18?,22?/m1/s1. The number of halogens is 1. The van der Waals surface area contributed by atoms with Crippen LogP contribution in [0, 0.1) is 11.8 Å². The van der Waals surface area contributed by atoms with Crippen LogP contribution in [-0.2, 0) is 14.4 Å². The van der Waals surface area contributed by atoms with Crippen LogP contribution in [0.1, 0.15) is 31.9 Å². The molecule has 3 aliphatic rings. The summed E-state index contributed by atoms with van der Waals surface area (Å²) >= 11 is 5.31. The van der Waals surface area contributed by atoms with Gasteiger partial charge in [0.15, 0.2) is 0 Å². The number of likely N-dealkylation sites (tertiary alicyclic amines) is 1. The highest BCUT2D eigenvalue weighted by atomic mass is 79.9. The third-order valence-electron chi connectivity index (χ3n) is 6.65. The van der Waals surface area contributed by atoms with E-state index in [1.165, 1.54) is 0 Å². The van der Waals surface area contributed by atoms with Gasteiger partial charge in [-0.05, 0) is 25.8 Å². The van der Waals surface area contributed by atoms with E-state index in [9.17, 15) is 19.5 Å². The first-order valence-corrected chi connectivity index (χ1v) is 12.4. The number of hydrogen-bond acceptors (Lipinski definition) is 5. The van der Waals surface area contributed by atoms with Crippen LogP contribution < -0.4 is 10.6 Å². The average Bonchev–Trinajstić information content (AvgIpc) is 3.32. The zero-order chi connectivity index (χ0) is 22.5. The van der Waals surface area contributed by atoms with E-state index in [4.69, 9.17) is 0 Å². The summed E-state index contributed by atoms with van der Waals surface area (Å²) in [5.41, 5.74) is 0.767. The molecular formula is C22H28BrN3O4S. The fourth-order valence-electron chi connectivity index (χ4n) is 5.56. The Balaban J connectivity index is 1.84. The van der Waals surface area contributed by atoms with Crippen molar-refractivity contribution in [3.05, 3.63) is 35.9 Å². The minimum absolute atomic E-state index is 0.0300. The number of fused-ring (bicyclic) bond motifs is 1. The highest BCUT2D eigenvalue weighted by Crippen LogP contribution is 2.68. The summed E-state index contributed by atoms with van der Waals surface area (Å²) in [6, 6.07) is 7.75. The Morgan fingerprint density at radius 1 is 1.29 bits per heavy atom. The Morgan fingerprint density at radius 2 is 1.97 bits per heavy atom. The highest BCUT2D eigenvalue weighted by Gasteiger charge is 2.76. The molecule has 1 aromatic carbocycles. The molecule has 3 heterocycles. The normalized spacial score (nSPS) is 34.7. The van der Waals surface area contributed by atoms with Gasteiger partial charge in [0.2, 0.25) is 17.7 Å². The minimum atomic E-state index is -0.769. The lowest BCUT2D eigenvalue weighted by Crippen LogP contribution is -2.56. The van der Waals surface area contributed by atoms with Gasteiger partial charge in [0.1, 0.15) is 6.04 Å². The maximum Gasteiger partial charge on any atom is 0.244 e. The van der Waals surface area contributed by atoms with E-state index >= 15 is 0 Å². The van der Waals surface area contributed by atoms with Crippen molar-refractivity contribution >= 4 is 45.4 Å². The molecule has 9 heteroatoms. The van der Waals surface area contributed by atoms with Crippen LogP contribution in [-0.4, -0.2) is 68.3 Å². The number of thioether (sulfide) groups is 1. The highest BCUT2D eigenvalue weighted by molar-refractivity contribution is 9.09. The third-order valence-corrected chi connectivity index (χ3v) is 9.87. The fourth-order valence-corrected chi connectivity index (χ4v) is 9.16. The van der Waals surface area contributed by atoms with Crippen LogP contribution in [0.25, 0.3) is 0 Å². The Bertz CT molecular complexity index is 885. The lowest BCUT2D eigenvalue weighted by atomic mass is 9.70. The molecule has 3 amide bonds. The molecule has 3 saturated heterocycles. The van der Waals surface area contributed by atoms with Crippen molar-refractivity contribution in [3.63, 3.8) is 0 Å². The van der Waals surface area contributed by atoms with Crippen molar-refractivity contribution in [2.75, 3.05) is 13.7 Å². The molecule has 1 aromatic rings. The molecule has 168 valence electrons. The predicted octanol–water partition coefficient (Wildman–Crippen LogP) is 1.46. The Labute approximate surface area is 194 Å². The summed E-state index contributed by atoms with van der Waals surface area (Å²) in [5, 5.41) is 15.9. The zero-order valence-corrected chi connectivity index (χ0v) is 20.2. The van der Waals surface area contributed by atoms with E-state index in [2.05, 4.69) is 26.6 Å². The van der Waals surface area contributed by atoms with Crippen LogP contribution in [0.5, 0.6) is 0 Å². The SMILES string of the molecule is CNC(=O)[C@H]1[C@@H]2SC3(CC2Br)C(C(=O)NC(C)C)N([C@H](CO)c2ccccc2)C(=O)[C@H]13. The summed E-state index contributed by atoms with van der Waals surface area (Å²) < 4.78 is -0.714. The maximum atomic E-state index is 13.9. The molecular weight excluding hydrogens is 482 g/mol. The summed E-state index contributed by atoms with van der Waals surface area (Å²) in [5.74, 6) is -1.75. The molecule has 0 radical (unpaired) electrons. The fraction of sp³-hybridized carbons (Fsp3) is 0.591. The molecule has 3 unspecified atom stereocenters. The number of amides is 3. The first-order valence-electron chi connectivity index (χ1n) is 10.6. The second-order valence-corrected chi connectivity index (χ2v) is 11.5. The van der Waals surface area contributed by atoms with Gasteiger partial charge in [0.25, 0.3) is 0 Å². The average molecular weight is 510 g/mol. The monoisotopic (exact) mass is 509 g/mol. The molecule has 0 saturated carbocycles. The molecule has 2 bridgehead atoms. The van der Waals surface area contributed by atoms with E-state index < -0.39 is 28.7 Å². The number of hydrogen-bond donors (Lipinski definition) is 3.